The van der Waals surface area contributed by atoms with Gasteiger partial charge in [-0.25, -0.2) is 4.79 Å². The molecule has 0 aliphatic rings. The Morgan fingerprint density at radius 2 is 1.50 bits per heavy atom. The van der Waals surface area contributed by atoms with Crippen LogP contribution in [0.1, 0.15) is 46.6 Å². The van der Waals surface area contributed by atoms with E-state index in [-0.39, 0.29) is 17.6 Å². The van der Waals surface area contributed by atoms with Crippen LogP contribution in [0.25, 0.3) is 22.1 Å². The first-order valence-electron chi connectivity index (χ1n) is 13.8. The quantitative estimate of drug-likeness (QED) is 0.129. The summed E-state index contributed by atoms with van der Waals surface area (Å²) in [6.07, 6.45) is 0.486. The third kappa shape index (κ3) is 7.73. The van der Waals surface area contributed by atoms with Crippen molar-refractivity contribution >= 4 is 16.9 Å². The van der Waals surface area contributed by atoms with Crippen molar-refractivity contribution in [3.05, 3.63) is 64.5 Å². The molecule has 0 aliphatic heterocycles. The summed E-state index contributed by atoms with van der Waals surface area (Å²) in [5.74, 6) is -20.0. The highest BCUT2D eigenvalue weighted by molar-refractivity contribution is 5.83. The predicted molar refractivity (Wildman–Crippen MR) is 153 cm³/mol. The van der Waals surface area contributed by atoms with Crippen LogP contribution in [-0.4, -0.2) is 48.0 Å². The molecule has 3 aromatic rings. The second-order valence-corrected chi connectivity index (χ2v) is 12.1. The molecule has 0 amide bonds. The third-order valence-electron chi connectivity index (χ3n) is 7.04. The third-order valence-corrected chi connectivity index (χ3v) is 7.04. The molecule has 0 saturated heterocycles. The van der Waals surface area contributed by atoms with E-state index in [0.717, 1.165) is 17.7 Å². The van der Waals surface area contributed by atoms with E-state index >= 15 is 0 Å². The van der Waals surface area contributed by atoms with E-state index in [1.54, 1.807) is 12.1 Å². The molecule has 0 fully saturated rings. The van der Waals surface area contributed by atoms with Crippen LogP contribution in [0.3, 0.4) is 0 Å². The maximum atomic E-state index is 14.6. The predicted octanol–water partition coefficient (Wildman–Crippen LogP) is 6.33. The first-order chi connectivity index (χ1) is 20.1. The van der Waals surface area contributed by atoms with Crippen LogP contribution in [0, 0.1) is 5.92 Å². The summed E-state index contributed by atoms with van der Waals surface area (Å²) in [4.78, 5) is 25.2. The molecule has 0 spiro atoms. The zero-order chi connectivity index (χ0) is 33.3. The maximum Gasteiger partial charge on any atom is 0.378 e. The molecule has 1 atom stereocenters. The minimum atomic E-state index is -5.99. The van der Waals surface area contributed by atoms with Gasteiger partial charge in [0.2, 0.25) is 0 Å². The number of carbonyl (C=O) groups excluding carboxylic acids is 1. The lowest BCUT2D eigenvalue weighted by atomic mass is 9.80. The number of hydrogen-bond donors (Lipinski definition) is 2. The van der Waals surface area contributed by atoms with Crippen molar-refractivity contribution in [2.75, 3.05) is 13.2 Å². The van der Waals surface area contributed by atoms with E-state index in [1.807, 2.05) is 19.1 Å². The van der Waals surface area contributed by atoms with Crippen molar-refractivity contribution < 1.29 is 45.0 Å². The average molecular weight is 631 g/mol. The van der Waals surface area contributed by atoms with Crippen LogP contribution in [0.4, 0.5) is 26.3 Å². The van der Waals surface area contributed by atoms with Crippen molar-refractivity contribution in [3.63, 3.8) is 0 Å². The van der Waals surface area contributed by atoms with Crippen molar-refractivity contribution in [3.8, 4) is 16.9 Å². The van der Waals surface area contributed by atoms with Crippen LogP contribution in [0.2, 0.25) is 0 Å². The summed E-state index contributed by atoms with van der Waals surface area (Å²) < 4.78 is 102. The molecular weight excluding hydrogens is 594 g/mol. The topological polar surface area (TPSA) is 118 Å². The molecule has 4 N–H and O–H groups in total. The number of benzene rings is 2. The van der Waals surface area contributed by atoms with Gasteiger partial charge in [-0.3, -0.25) is 4.79 Å². The zero-order valence-electron chi connectivity index (χ0n) is 25.0. The Bertz CT molecular complexity index is 1540. The Morgan fingerprint density at radius 1 is 0.886 bits per heavy atom. The normalized spacial score (nSPS) is 14.0. The van der Waals surface area contributed by atoms with Crippen molar-refractivity contribution in [2.45, 2.75) is 76.3 Å². The molecule has 7 nitrogen and oxygen atoms in total. The summed E-state index contributed by atoms with van der Waals surface area (Å²) in [6.45, 7) is 3.22. The molecule has 2 aromatic carbocycles. The first-order valence-corrected chi connectivity index (χ1v) is 13.8. The number of carbonyl (C=O) groups is 1. The fourth-order valence-corrected chi connectivity index (χ4v) is 4.52. The number of aryl methyl sites for hydroxylation is 1. The second-order valence-electron chi connectivity index (χ2n) is 12.1. The van der Waals surface area contributed by atoms with E-state index < -0.39 is 65.3 Å². The van der Waals surface area contributed by atoms with Gasteiger partial charge in [-0.15, -0.1) is 0 Å². The monoisotopic (exact) mass is 630 g/mol. The number of hydrogen-bond acceptors (Lipinski definition) is 7. The van der Waals surface area contributed by atoms with Crippen molar-refractivity contribution in [1.29, 1.82) is 0 Å². The van der Waals surface area contributed by atoms with Crippen LogP contribution < -0.4 is 21.8 Å². The molecule has 0 bridgehead atoms. The number of rotatable bonds is 13. The van der Waals surface area contributed by atoms with Crippen LogP contribution in [0.15, 0.2) is 57.7 Å². The number of esters is 1. The Hall–Kier alpha value is -3.58. The molecule has 0 aliphatic carbocycles. The fraction of sp³-hybridized carbons (Fsp3) is 0.484. The van der Waals surface area contributed by atoms with E-state index in [4.69, 9.17) is 20.6 Å². The highest BCUT2D eigenvalue weighted by Crippen LogP contribution is 2.46. The molecule has 13 heteroatoms. The van der Waals surface area contributed by atoms with Gasteiger partial charge in [0, 0.05) is 22.5 Å². The Balaban J connectivity index is 1.75. The molecular formula is C31H36F6N2O5. The van der Waals surface area contributed by atoms with Gasteiger partial charge in [-0.1, -0.05) is 31.2 Å². The van der Waals surface area contributed by atoms with E-state index in [2.05, 4.69) is 4.74 Å². The molecule has 0 unspecified atom stereocenters. The van der Waals surface area contributed by atoms with Crippen molar-refractivity contribution in [2.24, 2.45) is 17.4 Å². The number of ether oxygens (including phenoxy) is 2. The molecule has 3 rings (SSSR count). The Kier molecular flexibility index (Phi) is 9.86. The largest absolute Gasteiger partial charge is 0.487 e. The summed E-state index contributed by atoms with van der Waals surface area (Å²) in [5, 5.41) is 0.375. The van der Waals surface area contributed by atoms with Gasteiger partial charge >= 0.3 is 29.4 Å². The molecule has 1 aromatic heterocycles. The Labute approximate surface area is 250 Å². The van der Waals surface area contributed by atoms with E-state index in [1.165, 1.54) is 39.8 Å². The van der Waals surface area contributed by atoms with Gasteiger partial charge in [0.15, 0.2) is 13.2 Å². The lowest BCUT2D eigenvalue weighted by Gasteiger charge is -2.35. The lowest BCUT2D eigenvalue weighted by Crippen LogP contribution is -2.59. The van der Waals surface area contributed by atoms with Gasteiger partial charge in [0.1, 0.15) is 11.3 Å². The molecule has 1 heterocycles. The SMILES string of the molecule is CCc1ccccc1-c1cc2ccc(OCC(F)(F)C(F)(F)C(F)(F)COC(=O)[C@@H](CC(C)(C)N)C(C)(C)N)cc2oc1=O. The Morgan fingerprint density at radius 3 is 2.09 bits per heavy atom. The standard InChI is InChI=1S/C31H36F6N2O5/c1-6-18-9-7-8-10-21(18)22-13-19-11-12-20(14-24(19)44-25(22)40)42-16-29(32,33)31(36,37)30(34,35)17-43-26(41)23(28(4,5)39)15-27(2,3)38/h7-14,23H,6,15-17,38-39H2,1-5H3/t23-/m1/s1. The second kappa shape index (κ2) is 12.4. The summed E-state index contributed by atoms with van der Waals surface area (Å²) in [6, 6.07) is 12.2. The number of nitrogens with two attached hydrogens (primary N) is 2. The highest BCUT2D eigenvalue weighted by atomic mass is 19.3. The summed E-state index contributed by atoms with van der Waals surface area (Å²) >= 11 is 0. The van der Waals surface area contributed by atoms with Crippen LogP contribution >= 0.6 is 0 Å². The minimum Gasteiger partial charge on any atom is -0.487 e. The number of alkyl halides is 6. The molecule has 242 valence electrons. The van der Waals surface area contributed by atoms with Gasteiger partial charge < -0.3 is 25.4 Å². The average Bonchev–Trinajstić information content (AvgIpc) is 2.92. The number of fused-ring (bicyclic) bond motifs is 1. The van der Waals surface area contributed by atoms with Gasteiger partial charge in [0.25, 0.3) is 0 Å². The zero-order valence-corrected chi connectivity index (χ0v) is 25.0. The van der Waals surface area contributed by atoms with Crippen molar-refractivity contribution in [1.82, 2.24) is 0 Å². The first kappa shape index (κ1) is 34.9. The van der Waals surface area contributed by atoms with Crippen LogP contribution in [-0.2, 0) is 16.0 Å². The lowest BCUT2D eigenvalue weighted by molar-refractivity contribution is -0.322. The molecule has 0 radical (unpaired) electrons. The van der Waals surface area contributed by atoms with Gasteiger partial charge in [-0.2, -0.15) is 26.3 Å². The fourth-order valence-electron chi connectivity index (χ4n) is 4.52. The molecule has 44 heavy (non-hydrogen) atoms. The van der Waals surface area contributed by atoms with E-state index in [0.29, 0.717) is 17.4 Å². The molecule has 0 saturated carbocycles. The van der Waals surface area contributed by atoms with E-state index in [9.17, 15) is 35.9 Å². The minimum absolute atomic E-state index is 0.101. The van der Waals surface area contributed by atoms with Gasteiger partial charge in [-0.05, 0) is 69.9 Å². The van der Waals surface area contributed by atoms with Crippen LogP contribution in [0.5, 0.6) is 5.75 Å². The highest BCUT2D eigenvalue weighted by Gasteiger charge is 2.72. The smallest absolute Gasteiger partial charge is 0.378 e. The number of halogens is 6. The maximum absolute atomic E-state index is 14.6. The summed E-state index contributed by atoms with van der Waals surface area (Å²) in [7, 11) is 0. The summed E-state index contributed by atoms with van der Waals surface area (Å²) in [5.41, 5.74) is 10.4. The van der Waals surface area contributed by atoms with Gasteiger partial charge in [0.05, 0.1) is 11.5 Å².